The average Bonchev–Trinajstić information content (AvgIpc) is 2.43. The van der Waals surface area contributed by atoms with Crippen molar-refractivity contribution >= 4 is 27.4 Å². The van der Waals surface area contributed by atoms with Gasteiger partial charge in [-0.15, -0.1) is 0 Å². The van der Waals surface area contributed by atoms with Crippen molar-refractivity contribution in [3.05, 3.63) is 59.8 Å². The van der Waals surface area contributed by atoms with Crippen LogP contribution in [-0.4, -0.2) is 16.5 Å². The Labute approximate surface area is 121 Å². The highest BCUT2D eigenvalue weighted by atomic mass is 33.1. The maximum Gasteiger partial charge on any atom is 0.147 e. The van der Waals surface area contributed by atoms with E-state index < -0.39 is 0 Å². The number of carbonyl (C=O) groups is 1. The summed E-state index contributed by atoms with van der Waals surface area (Å²) in [5.74, 6) is 0.757. The van der Waals surface area contributed by atoms with Crippen molar-refractivity contribution in [3.63, 3.8) is 0 Å². The fraction of sp³-hybridized carbons (Fsp3) is 0.200. The standard InChI is InChI=1S/C15H15NOS2/c1-12-5-7-13(8-6-12)10-14(17)11-18-19-15-4-2-3-9-16-15/h2-9H,10-11H2,1H3. The Balaban J connectivity index is 1.74. The molecule has 4 heteroatoms. The number of Topliss-reactive ketones (excluding diaryl/α,β-unsaturated/α-hetero) is 1. The predicted molar refractivity (Wildman–Crippen MR) is 82.4 cm³/mol. The van der Waals surface area contributed by atoms with E-state index in [-0.39, 0.29) is 5.78 Å². The second kappa shape index (κ2) is 7.36. The summed E-state index contributed by atoms with van der Waals surface area (Å²) in [6.07, 6.45) is 2.27. The van der Waals surface area contributed by atoms with Gasteiger partial charge in [-0.25, -0.2) is 4.98 Å². The molecule has 19 heavy (non-hydrogen) atoms. The van der Waals surface area contributed by atoms with E-state index in [1.165, 1.54) is 5.56 Å². The van der Waals surface area contributed by atoms with E-state index in [2.05, 4.69) is 4.98 Å². The minimum absolute atomic E-state index is 0.247. The number of aromatic nitrogens is 1. The summed E-state index contributed by atoms with van der Waals surface area (Å²) in [5.41, 5.74) is 2.30. The number of hydrogen-bond acceptors (Lipinski definition) is 4. The average molecular weight is 289 g/mol. The maximum absolute atomic E-state index is 11.8. The fourth-order valence-electron chi connectivity index (χ4n) is 1.54. The van der Waals surface area contributed by atoms with Gasteiger partial charge in [-0.3, -0.25) is 4.79 Å². The normalized spacial score (nSPS) is 10.4. The Morgan fingerprint density at radius 3 is 2.63 bits per heavy atom. The van der Waals surface area contributed by atoms with Crippen molar-refractivity contribution in [1.82, 2.24) is 4.98 Å². The zero-order chi connectivity index (χ0) is 13.5. The number of ketones is 1. The predicted octanol–water partition coefficient (Wildman–Crippen LogP) is 3.94. The molecule has 1 aromatic heterocycles. The number of nitrogens with zero attached hydrogens (tertiary/aromatic N) is 1. The van der Waals surface area contributed by atoms with Gasteiger partial charge in [0.05, 0.1) is 5.75 Å². The van der Waals surface area contributed by atoms with Gasteiger partial charge >= 0.3 is 0 Å². The minimum atomic E-state index is 0.247. The Kier molecular flexibility index (Phi) is 5.48. The third kappa shape index (κ3) is 5.09. The number of hydrogen-bond donors (Lipinski definition) is 0. The van der Waals surface area contributed by atoms with E-state index in [0.717, 1.165) is 10.6 Å². The smallest absolute Gasteiger partial charge is 0.147 e. The molecule has 0 atom stereocenters. The molecule has 0 aliphatic heterocycles. The summed E-state index contributed by atoms with van der Waals surface area (Å²) in [7, 11) is 3.09. The highest BCUT2D eigenvalue weighted by molar-refractivity contribution is 8.76. The molecule has 0 aliphatic carbocycles. The second-order valence-corrected chi connectivity index (χ2v) is 6.53. The molecule has 2 rings (SSSR count). The summed E-state index contributed by atoms with van der Waals surface area (Å²) >= 11 is 0. The molecule has 2 nitrogen and oxygen atoms in total. The molecule has 2 aromatic rings. The number of pyridine rings is 1. The van der Waals surface area contributed by atoms with Crippen LogP contribution in [0.25, 0.3) is 0 Å². The summed E-state index contributed by atoms with van der Waals surface area (Å²) in [6.45, 7) is 2.05. The first-order valence-electron chi connectivity index (χ1n) is 6.02. The molecule has 0 spiro atoms. The number of rotatable bonds is 6. The largest absolute Gasteiger partial charge is 0.298 e. The first-order chi connectivity index (χ1) is 9.24. The second-order valence-electron chi connectivity index (χ2n) is 4.21. The summed E-state index contributed by atoms with van der Waals surface area (Å²) < 4.78 is 0. The molecule has 1 aromatic carbocycles. The van der Waals surface area contributed by atoms with Crippen LogP contribution in [0.15, 0.2) is 53.7 Å². The van der Waals surface area contributed by atoms with Gasteiger partial charge in [-0.05, 0) is 35.4 Å². The van der Waals surface area contributed by atoms with Crippen molar-refractivity contribution in [3.8, 4) is 0 Å². The number of benzene rings is 1. The molecule has 0 amide bonds. The first kappa shape index (κ1) is 14.2. The summed E-state index contributed by atoms with van der Waals surface area (Å²) in [4.78, 5) is 16.0. The van der Waals surface area contributed by atoms with Crippen molar-refractivity contribution in [2.45, 2.75) is 18.4 Å². The van der Waals surface area contributed by atoms with Crippen LogP contribution >= 0.6 is 21.6 Å². The van der Waals surface area contributed by atoms with Gasteiger partial charge in [0.25, 0.3) is 0 Å². The van der Waals surface area contributed by atoms with Crippen LogP contribution in [0.5, 0.6) is 0 Å². The van der Waals surface area contributed by atoms with Gasteiger partial charge < -0.3 is 0 Å². The Bertz CT molecular complexity index is 526. The molecule has 98 valence electrons. The van der Waals surface area contributed by atoms with E-state index >= 15 is 0 Å². The third-order valence-electron chi connectivity index (χ3n) is 2.52. The molecule has 0 unspecified atom stereocenters. The topological polar surface area (TPSA) is 30.0 Å². The van der Waals surface area contributed by atoms with E-state index in [1.807, 2.05) is 49.4 Å². The molecule has 0 bridgehead atoms. The summed E-state index contributed by atoms with van der Waals surface area (Å²) in [5, 5.41) is 0.940. The third-order valence-corrected chi connectivity index (χ3v) is 4.71. The van der Waals surface area contributed by atoms with Gasteiger partial charge in [-0.2, -0.15) is 0 Å². The maximum atomic E-state index is 11.8. The van der Waals surface area contributed by atoms with Crippen molar-refractivity contribution < 1.29 is 4.79 Å². The van der Waals surface area contributed by atoms with Gasteiger partial charge in [0.15, 0.2) is 0 Å². The van der Waals surface area contributed by atoms with Crippen LogP contribution in [0, 0.1) is 6.92 Å². The van der Waals surface area contributed by atoms with Crippen molar-refractivity contribution in [1.29, 1.82) is 0 Å². The quantitative estimate of drug-likeness (QED) is 0.753. The van der Waals surface area contributed by atoms with Gasteiger partial charge in [0, 0.05) is 12.6 Å². The molecule has 0 saturated heterocycles. The lowest BCUT2D eigenvalue weighted by atomic mass is 10.1. The van der Waals surface area contributed by atoms with Gasteiger partial charge in [-0.1, -0.05) is 46.7 Å². The zero-order valence-electron chi connectivity index (χ0n) is 10.7. The van der Waals surface area contributed by atoms with Gasteiger partial charge in [0.1, 0.15) is 10.8 Å². The molecule has 1 heterocycles. The van der Waals surface area contributed by atoms with Crippen LogP contribution in [0.4, 0.5) is 0 Å². The highest BCUT2D eigenvalue weighted by Crippen LogP contribution is 2.28. The highest BCUT2D eigenvalue weighted by Gasteiger charge is 2.05. The molecular formula is C15H15NOS2. The SMILES string of the molecule is Cc1ccc(CC(=O)CSSc2ccccn2)cc1. The zero-order valence-corrected chi connectivity index (χ0v) is 12.3. The summed E-state index contributed by atoms with van der Waals surface area (Å²) in [6, 6.07) is 13.9. The Hall–Kier alpha value is -1.26. The molecule has 0 fully saturated rings. The lowest BCUT2D eigenvalue weighted by Gasteiger charge is -2.02. The monoisotopic (exact) mass is 289 g/mol. The van der Waals surface area contributed by atoms with E-state index in [9.17, 15) is 4.79 Å². The van der Waals surface area contributed by atoms with E-state index in [0.29, 0.717) is 12.2 Å². The molecule has 0 radical (unpaired) electrons. The Morgan fingerprint density at radius 1 is 1.16 bits per heavy atom. The van der Waals surface area contributed by atoms with Crippen LogP contribution < -0.4 is 0 Å². The number of aryl methyl sites for hydroxylation is 1. The fourth-order valence-corrected chi connectivity index (χ4v) is 3.42. The number of carbonyl (C=O) groups excluding carboxylic acids is 1. The van der Waals surface area contributed by atoms with E-state index in [1.54, 1.807) is 27.8 Å². The molecule has 0 saturated carbocycles. The lowest BCUT2D eigenvalue weighted by Crippen LogP contribution is -2.04. The molecule has 0 N–H and O–H groups in total. The van der Waals surface area contributed by atoms with Crippen LogP contribution in [-0.2, 0) is 11.2 Å². The molecular weight excluding hydrogens is 274 g/mol. The van der Waals surface area contributed by atoms with Crippen LogP contribution in [0.1, 0.15) is 11.1 Å². The van der Waals surface area contributed by atoms with E-state index in [4.69, 9.17) is 0 Å². The Morgan fingerprint density at radius 2 is 1.95 bits per heavy atom. The minimum Gasteiger partial charge on any atom is -0.298 e. The van der Waals surface area contributed by atoms with Crippen molar-refractivity contribution in [2.75, 3.05) is 5.75 Å². The lowest BCUT2D eigenvalue weighted by molar-refractivity contribution is -0.115. The van der Waals surface area contributed by atoms with Crippen LogP contribution in [0.2, 0.25) is 0 Å². The first-order valence-corrected chi connectivity index (χ1v) is 8.34. The van der Waals surface area contributed by atoms with Crippen molar-refractivity contribution in [2.24, 2.45) is 0 Å². The van der Waals surface area contributed by atoms with Crippen LogP contribution in [0.3, 0.4) is 0 Å². The van der Waals surface area contributed by atoms with Gasteiger partial charge in [0.2, 0.25) is 0 Å². The molecule has 0 aliphatic rings.